The average molecular weight is 398 g/mol. The topological polar surface area (TPSA) is 75.4 Å². The predicted octanol–water partition coefficient (Wildman–Crippen LogP) is 3.39. The van der Waals surface area contributed by atoms with Gasteiger partial charge in [0.1, 0.15) is 0 Å². The molecule has 1 aliphatic heterocycles. The first-order valence-electron chi connectivity index (χ1n) is 10.0. The minimum Gasteiger partial charge on any atom is -0.352 e. The highest BCUT2D eigenvalue weighted by molar-refractivity contribution is 7.10. The van der Waals surface area contributed by atoms with Crippen LogP contribution >= 0.6 is 11.3 Å². The van der Waals surface area contributed by atoms with E-state index < -0.39 is 0 Å². The van der Waals surface area contributed by atoms with Crippen molar-refractivity contribution in [3.05, 3.63) is 52.2 Å². The minimum absolute atomic E-state index is 0.0189. The third-order valence-corrected chi connectivity index (χ3v) is 6.80. The minimum atomic E-state index is -0.276. The maximum Gasteiger partial charge on any atom is 0.227 e. The Morgan fingerprint density at radius 1 is 1.25 bits per heavy atom. The molecule has 5 nitrogen and oxygen atoms in total. The Balaban J connectivity index is 1.66. The van der Waals surface area contributed by atoms with Crippen molar-refractivity contribution in [3.8, 4) is 0 Å². The molecule has 2 aromatic rings. The van der Waals surface area contributed by atoms with E-state index in [2.05, 4.69) is 5.32 Å². The van der Waals surface area contributed by atoms with Crippen LogP contribution in [0.3, 0.4) is 0 Å². The van der Waals surface area contributed by atoms with Crippen LogP contribution in [0.4, 0.5) is 5.69 Å². The van der Waals surface area contributed by atoms with E-state index in [1.165, 1.54) is 0 Å². The number of hydrogen-bond acceptors (Lipinski definition) is 4. The lowest BCUT2D eigenvalue weighted by Gasteiger charge is -2.40. The summed E-state index contributed by atoms with van der Waals surface area (Å²) < 4.78 is 0. The van der Waals surface area contributed by atoms with Crippen molar-refractivity contribution in [3.63, 3.8) is 0 Å². The van der Waals surface area contributed by atoms with Crippen molar-refractivity contribution < 1.29 is 9.59 Å². The standard InChI is InChI=1S/C22H27N3O2S/c1-14-4-8-16(9-5-14)25-20(26)11-10-17(21(25)19-3-2-12-28-19)22(27)24-18(13-23)15-6-7-15/h2-5,8-9,12,15,17-18,21H,6-7,10-11,13,23H2,1H3,(H,24,27). The first kappa shape index (κ1) is 19.2. The molecule has 4 rings (SSSR count). The number of thiophene rings is 1. The lowest BCUT2D eigenvalue weighted by Crippen LogP contribution is -2.51. The highest BCUT2D eigenvalue weighted by Gasteiger charge is 2.43. The van der Waals surface area contributed by atoms with Crippen LogP contribution in [0.2, 0.25) is 0 Å². The quantitative estimate of drug-likeness (QED) is 0.784. The molecule has 148 valence electrons. The molecule has 1 saturated carbocycles. The molecule has 3 N–H and O–H groups in total. The van der Waals surface area contributed by atoms with E-state index in [9.17, 15) is 9.59 Å². The van der Waals surface area contributed by atoms with Crippen molar-refractivity contribution in [2.45, 2.75) is 44.7 Å². The van der Waals surface area contributed by atoms with Gasteiger partial charge >= 0.3 is 0 Å². The van der Waals surface area contributed by atoms with Gasteiger partial charge in [-0.3, -0.25) is 9.59 Å². The van der Waals surface area contributed by atoms with Crippen LogP contribution in [-0.4, -0.2) is 24.4 Å². The van der Waals surface area contributed by atoms with E-state index in [1.54, 1.807) is 11.3 Å². The molecule has 3 unspecified atom stereocenters. The Labute approximate surface area is 169 Å². The van der Waals surface area contributed by atoms with E-state index in [0.29, 0.717) is 25.3 Å². The molecule has 3 atom stereocenters. The monoisotopic (exact) mass is 397 g/mol. The van der Waals surface area contributed by atoms with Crippen molar-refractivity contribution in [2.75, 3.05) is 11.4 Å². The molecule has 2 fully saturated rings. The van der Waals surface area contributed by atoms with E-state index in [1.807, 2.05) is 53.6 Å². The fourth-order valence-electron chi connectivity index (χ4n) is 4.12. The van der Waals surface area contributed by atoms with Crippen molar-refractivity contribution in [2.24, 2.45) is 17.6 Å². The summed E-state index contributed by atoms with van der Waals surface area (Å²) >= 11 is 1.60. The molecule has 6 heteroatoms. The van der Waals surface area contributed by atoms with Gasteiger partial charge in [-0.05, 0) is 55.7 Å². The van der Waals surface area contributed by atoms with Crippen molar-refractivity contribution in [1.82, 2.24) is 5.32 Å². The number of amides is 2. The molecule has 0 radical (unpaired) electrons. The number of rotatable bonds is 6. The van der Waals surface area contributed by atoms with Gasteiger partial charge in [0.2, 0.25) is 11.8 Å². The third-order valence-electron chi connectivity index (χ3n) is 5.85. The van der Waals surface area contributed by atoms with Gasteiger partial charge in [0.25, 0.3) is 0 Å². The predicted molar refractivity (Wildman–Crippen MR) is 112 cm³/mol. The molecule has 2 heterocycles. The molecule has 0 bridgehead atoms. The van der Waals surface area contributed by atoms with Gasteiger partial charge in [-0.25, -0.2) is 0 Å². The van der Waals surface area contributed by atoms with E-state index in [4.69, 9.17) is 5.73 Å². The van der Waals surface area contributed by atoms with Gasteiger partial charge < -0.3 is 16.0 Å². The smallest absolute Gasteiger partial charge is 0.227 e. The summed E-state index contributed by atoms with van der Waals surface area (Å²) in [7, 11) is 0. The second-order valence-electron chi connectivity index (χ2n) is 7.89. The Kier molecular flexibility index (Phi) is 5.51. The number of nitrogens with zero attached hydrogens (tertiary/aromatic N) is 1. The van der Waals surface area contributed by atoms with Gasteiger partial charge in [0, 0.05) is 29.6 Å². The summed E-state index contributed by atoms with van der Waals surface area (Å²) in [6.45, 7) is 2.49. The van der Waals surface area contributed by atoms with Crippen LogP contribution in [0.25, 0.3) is 0 Å². The third kappa shape index (κ3) is 3.84. The Hall–Kier alpha value is -2.18. The lowest BCUT2D eigenvalue weighted by atomic mass is 9.86. The molecule has 1 saturated heterocycles. The van der Waals surface area contributed by atoms with Gasteiger partial charge in [-0.15, -0.1) is 11.3 Å². The zero-order chi connectivity index (χ0) is 19.7. The number of piperidine rings is 1. The zero-order valence-electron chi connectivity index (χ0n) is 16.1. The molecular weight excluding hydrogens is 370 g/mol. The van der Waals surface area contributed by atoms with Gasteiger partial charge in [0.15, 0.2) is 0 Å². The number of anilines is 1. The lowest BCUT2D eigenvalue weighted by molar-refractivity contribution is -0.129. The summed E-state index contributed by atoms with van der Waals surface area (Å²) in [5, 5.41) is 5.19. The maximum atomic E-state index is 13.2. The zero-order valence-corrected chi connectivity index (χ0v) is 17.0. The SMILES string of the molecule is Cc1ccc(N2C(=O)CCC(C(=O)NC(CN)C3CC3)C2c2cccs2)cc1. The highest BCUT2D eigenvalue weighted by Crippen LogP contribution is 2.42. The largest absolute Gasteiger partial charge is 0.352 e. The number of hydrogen-bond donors (Lipinski definition) is 2. The summed E-state index contributed by atoms with van der Waals surface area (Å²) in [6, 6.07) is 11.7. The normalized spacial score (nSPS) is 23.5. The van der Waals surface area contributed by atoms with Crippen LogP contribution in [0, 0.1) is 18.8 Å². The second-order valence-corrected chi connectivity index (χ2v) is 8.87. The summed E-state index contributed by atoms with van der Waals surface area (Å²) in [4.78, 5) is 29.0. The molecule has 1 aliphatic carbocycles. The number of nitrogens with two attached hydrogens (primary N) is 1. The first-order valence-corrected chi connectivity index (χ1v) is 10.9. The van der Waals surface area contributed by atoms with Gasteiger partial charge in [-0.2, -0.15) is 0 Å². The van der Waals surface area contributed by atoms with Crippen LogP contribution in [0.15, 0.2) is 41.8 Å². The molecular formula is C22H27N3O2S. The molecule has 1 aromatic carbocycles. The molecule has 0 spiro atoms. The molecule has 1 aromatic heterocycles. The molecule has 2 aliphatic rings. The van der Waals surface area contributed by atoms with Crippen LogP contribution in [0.5, 0.6) is 0 Å². The summed E-state index contributed by atoms with van der Waals surface area (Å²) in [6.07, 6.45) is 3.21. The highest BCUT2D eigenvalue weighted by atomic mass is 32.1. The van der Waals surface area contributed by atoms with Crippen molar-refractivity contribution >= 4 is 28.8 Å². The Morgan fingerprint density at radius 2 is 2.00 bits per heavy atom. The Bertz CT molecular complexity index is 830. The molecule has 28 heavy (non-hydrogen) atoms. The summed E-state index contributed by atoms with van der Waals surface area (Å²) in [5.74, 6) is 0.326. The second kappa shape index (κ2) is 8.05. The average Bonchev–Trinajstić information content (AvgIpc) is 3.40. The summed E-state index contributed by atoms with van der Waals surface area (Å²) in [5.41, 5.74) is 7.89. The number of carbonyl (C=O) groups is 2. The number of carbonyl (C=O) groups excluding carboxylic acids is 2. The fourth-order valence-corrected chi connectivity index (χ4v) is 5.00. The number of nitrogens with one attached hydrogen (secondary N) is 1. The molecule has 2 amide bonds. The van der Waals surface area contributed by atoms with Gasteiger partial charge in [-0.1, -0.05) is 23.8 Å². The van der Waals surface area contributed by atoms with Crippen LogP contribution < -0.4 is 16.0 Å². The van der Waals surface area contributed by atoms with Crippen LogP contribution in [0.1, 0.15) is 42.2 Å². The van der Waals surface area contributed by atoms with E-state index >= 15 is 0 Å². The van der Waals surface area contributed by atoms with Crippen LogP contribution in [-0.2, 0) is 9.59 Å². The number of benzene rings is 1. The number of aryl methyl sites for hydroxylation is 1. The first-order chi connectivity index (χ1) is 13.6. The fraction of sp³-hybridized carbons (Fsp3) is 0.455. The van der Waals surface area contributed by atoms with Crippen molar-refractivity contribution in [1.29, 1.82) is 0 Å². The van der Waals surface area contributed by atoms with E-state index in [0.717, 1.165) is 29.0 Å². The van der Waals surface area contributed by atoms with Gasteiger partial charge in [0.05, 0.1) is 12.0 Å². The maximum absolute atomic E-state index is 13.2. The van der Waals surface area contributed by atoms with E-state index in [-0.39, 0.29) is 29.8 Å². The Morgan fingerprint density at radius 3 is 2.61 bits per heavy atom.